The van der Waals surface area contributed by atoms with E-state index in [0.717, 1.165) is 0 Å². The SMILES string of the molecule is CC(O)C1CCN(S(=O)(=O)c2ccc(Cl)cc2C#N)C1. The largest absolute Gasteiger partial charge is 0.393 e. The lowest BCUT2D eigenvalue weighted by Crippen LogP contribution is -2.31. The maximum atomic E-state index is 12.5. The van der Waals surface area contributed by atoms with Crippen molar-refractivity contribution in [3.05, 3.63) is 28.8 Å². The van der Waals surface area contributed by atoms with Gasteiger partial charge in [0, 0.05) is 18.1 Å². The lowest BCUT2D eigenvalue weighted by molar-refractivity contribution is 0.133. The van der Waals surface area contributed by atoms with Gasteiger partial charge in [-0.2, -0.15) is 9.57 Å². The van der Waals surface area contributed by atoms with E-state index in [4.69, 9.17) is 16.9 Å². The Hall–Kier alpha value is -1.13. The number of halogens is 1. The van der Waals surface area contributed by atoms with Crippen molar-refractivity contribution in [2.75, 3.05) is 13.1 Å². The Balaban J connectivity index is 2.35. The fourth-order valence-electron chi connectivity index (χ4n) is 2.32. The molecule has 2 unspecified atom stereocenters. The molecule has 0 aromatic heterocycles. The van der Waals surface area contributed by atoms with Crippen molar-refractivity contribution in [3.8, 4) is 6.07 Å². The number of benzene rings is 1. The van der Waals surface area contributed by atoms with Crippen LogP contribution in [0.3, 0.4) is 0 Å². The van der Waals surface area contributed by atoms with Crippen LogP contribution in [0.4, 0.5) is 0 Å². The molecule has 0 spiro atoms. The first-order valence-corrected chi connectivity index (χ1v) is 8.06. The number of nitriles is 1. The number of sulfonamides is 1. The summed E-state index contributed by atoms with van der Waals surface area (Å²) in [6, 6.07) is 6.01. The third-order valence-corrected chi connectivity index (χ3v) is 5.71. The van der Waals surface area contributed by atoms with Gasteiger partial charge in [-0.3, -0.25) is 0 Å². The van der Waals surface area contributed by atoms with Crippen LogP contribution < -0.4 is 0 Å². The standard InChI is InChI=1S/C13H15ClN2O3S/c1-9(17)10-4-5-16(8-10)20(18,19)13-3-2-12(14)6-11(13)7-15/h2-3,6,9-10,17H,4-5,8H2,1H3. The van der Waals surface area contributed by atoms with Gasteiger partial charge in [0.05, 0.1) is 11.7 Å². The molecule has 1 fully saturated rings. The van der Waals surface area contributed by atoms with Crippen LogP contribution in [0.15, 0.2) is 23.1 Å². The first-order chi connectivity index (χ1) is 9.36. The summed E-state index contributed by atoms with van der Waals surface area (Å²) in [6.45, 7) is 2.28. The molecular formula is C13H15ClN2O3S. The van der Waals surface area contributed by atoms with E-state index in [-0.39, 0.29) is 22.9 Å². The van der Waals surface area contributed by atoms with Crippen LogP contribution in [0.25, 0.3) is 0 Å². The predicted molar refractivity (Wildman–Crippen MR) is 74.7 cm³/mol. The Kier molecular flexibility index (Phi) is 4.35. The van der Waals surface area contributed by atoms with Crippen LogP contribution in [0, 0.1) is 17.2 Å². The third kappa shape index (κ3) is 2.81. The molecule has 0 saturated carbocycles. The van der Waals surface area contributed by atoms with E-state index >= 15 is 0 Å². The highest BCUT2D eigenvalue weighted by Gasteiger charge is 2.35. The van der Waals surface area contributed by atoms with E-state index in [2.05, 4.69) is 0 Å². The molecule has 1 aliphatic heterocycles. The van der Waals surface area contributed by atoms with Crippen molar-refractivity contribution in [3.63, 3.8) is 0 Å². The van der Waals surface area contributed by atoms with Crippen molar-refractivity contribution in [2.45, 2.75) is 24.3 Å². The monoisotopic (exact) mass is 314 g/mol. The molecule has 0 aliphatic carbocycles. The van der Waals surface area contributed by atoms with Gasteiger partial charge in [0.15, 0.2) is 0 Å². The molecule has 1 aromatic carbocycles. The van der Waals surface area contributed by atoms with Gasteiger partial charge in [-0.1, -0.05) is 11.6 Å². The fraction of sp³-hybridized carbons (Fsp3) is 0.462. The van der Waals surface area contributed by atoms with Gasteiger partial charge >= 0.3 is 0 Å². The van der Waals surface area contributed by atoms with Crippen molar-refractivity contribution in [2.24, 2.45) is 5.92 Å². The van der Waals surface area contributed by atoms with E-state index in [1.54, 1.807) is 6.92 Å². The summed E-state index contributed by atoms with van der Waals surface area (Å²) in [7, 11) is -3.72. The average molecular weight is 315 g/mol. The highest BCUT2D eigenvalue weighted by Crippen LogP contribution is 2.28. The molecule has 1 aliphatic rings. The van der Waals surface area contributed by atoms with E-state index in [0.29, 0.717) is 18.0 Å². The predicted octanol–water partition coefficient (Wildman–Crippen LogP) is 1.60. The topological polar surface area (TPSA) is 81.4 Å². The summed E-state index contributed by atoms with van der Waals surface area (Å²) in [6.07, 6.45) is 0.0719. The lowest BCUT2D eigenvalue weighted by Gasteiger charge is -2.18. The highest BCUT2D eigenvalue weighted by atomic mass is 35.5. The smallest absolute Gasteiger partial charge is 0.244 e. The number of rotatable bonds is 3. The van der Waals surface area contributed by atoms with Crippen LogP contribution >= 0.6 is 11.6 Å². The molecule has 0 radical (unpaired) electrons. The zero-order valence-corrected chi connectivity index (χ0v) is 12.5. The Morgan fingerprint density at radius 2 is 2.25 bits per heavy atom. The summed E-state index contributed by atoms with van der Waals surface area (Å²) >= 11 is 5.78. The summed E-state index contributed by atoms with van der Waals surface area (Å²) in [5, 5.41) is 18.9. The van der Waals surface area contributed by atoms with Gasteiger partial charge in [-0.15, -0.1) is 0 Å². The normalized spacial score (nSPS) is 21.6. The van der Waals surface area contributed by atoms with Crippen molar-refractivity contribution in [1.29, 1.82) is 5.26 Å². The maximum absolute atomic E-state index is 12.5. The molecule has 0 bridgehead atoms. The minimum atomic E-state index is -3.72. The van der Waals surface area contributed by atoms with Crippen LogP contribution in [0.5, 0.6) is 0 Å². The van der Waals surface area contributed by atoms with Gasteiger partial charge in [-0.25, -0.2) is 8.42 Å². The molecule has 1 N–H and O–H groups in total. The van der Waals surface area contributed by atoms with E-state index in [9.17, 15) is 13.5 Å². The number of nitrogens with zero attached hydrogens (tertiary/aromatic N) is 2. The lowest BCUT2D eigenvalue weighted by atomic mass is 10.0. The Labute approximate surface area is 123 Å². The minimum Gasteiger partial charge on any atom is -0.393 e. The second kappa shape index (κ2) is 5.70. The number of hydrogen-bond donors (Lipinski definition) is 1. The van der Waals surface area contributed by atoms with Crippen LogP contribution in [0.2, 0.25) is 5.02 Å². The van der Waals surface area contributed by atoms with Gasteiger partial charge < -0.3 is 5.11 Å². The Morgan fingerprint density at radius 1 is 1.55 bits per heavy atom. The summed E-state index contributed by atoms with van der Waals surface area (Å²) < 4.78 is 26.4. The fourth-order valence-corrected chi connectivity index (χ4v) is 4.13. The van der Waals surface area contributed by atoms with Crippen molar-refractivity contribution < 1.29 is 13.5 Å². The van der Waals surface area contributed by atoms with Crippen molar-refractivity contribution in [1.82, 2.24) is 4.31 Å². The molecule has 5 nitrogen and oxygen atoms in total. The molecule has 20 heavy (non-hydrogen) atoms. The second-order valence-corrected chi connectivity index (χ2v) is 7.25. The summed E-state index contributed by atoms with van der Waals surface area (Å²) in [5.74, 6) is -0.0670. The van der Waals surface area contributed by atoms with E-state index < -0.39 is 16.1 Å². The molecule has 2 atom stereocenters. The Bertz CT molecular complexity index is 652. The second-order valence-electron chi connectivity index (χ2n) is 4.90. The first-order valence-electron chi connectivity index (χ1n) is 6.24. The van der Waals surface area contributed by atoms with Crippen LogP contribution in [0.1, 0.15) is 18.9 Å². The number of aliphatic hydroxyl groups excluding tert-OH is 1. The Morgan fingerprint density at radius 3 is 2.80 bits per heavy atom. The molecule has 7 heteroatoms. The van der Waals surface area contributed by atoms with Gasteiger partial charge in [0.1, 0.15) is 11.0 Å². The third-order valence-electron chi connectivity index (χ3n) is 3.55. The molecule has 1 saturated heterocycles. The average Bonchev–Trinajstić information content (AvgIpc) is 2.88. The summed E-state index contributed by atoms with van der Waals surface area (Å²) in [5.41, 5.74) is 0.0398. The molecular weight excluding hydrogens is 300 g/mol. The molecule has 108 valence electrons. The number of aliphatic hydroxyl groups is 1. The summed E-state index contributed by atoms with van der Waals surface area (Å²) in [4.78, 5) is -0.0318. The van der Waals surface area contributed by atoms with Gasteiger partial charge in [0.2, 0.25) is 10.0 Å². The minimum absolute atomic E-state index is 0.0318. The van der Waals surface area contributed by atoms with Gasteiger partial charge in [-0.05, 0) is 37.5 Å². The quantitative estimate of drug-likeness (QED) is 0.919. The van der Waals surface area contributed by atoms with E-state index in [1.807, 2.05) is 6.07 Å². The molecule has 0 amide bonds. The molecule has 1 aromatic rings. The van der Waals surface area contributed by atoms with Crippen LogP contribution in [-0.4, -0.2) is 37.0 Å². The zero-order chi connectivity index (χ0) is 14.9. The van der Waals surface area contributed by atoms with Gasteiger partial charge in [0.25, 0.3) is 0 Å². The number of hydrogen-bond acceptors (Lipinski definition) is 4. The molecule has 1 heterocycles. The molecule has 2 rings (SSSR count). The van der Waals surface area contributed by atoms with Crippen molar-refractivity contribution >= 4 is 21.6 Å². The highest BCUT2D eigenvalue weighted by molar-refractivity contribution is 7.89. The van der Waals surface area contributed by atoms with Crippen LogP contribution in [-0.2, 0) is 10.0 Å². The zero-order valence-electron chi connectivity index (χ0n) is 11.0. The van der Waals surface area contributed by atoms with E-state index in [1.165, 1.54) is 22.5 Å². The maximum Gasteiger partial charge on any atom is 0.244 e. The first kappa shape index (κ1) is 15.3.